The van der Waals surface area contributed by atoms with Crippen molar-refractivity contribution in [1.29, 1.82) is 0 Å². The lowest BCUT2D eigenvalue weighted by Gasteiger charge is -2.18. The molecule has 2 heterocycles. The molecular formula is C20H21ClFN5OS. The van der Waals surface area contributed by atoms with Gasteiger partial charge in [0.1, 0.15) is 5.82 Å². The zero-order valence-electron chi connectivity index (χ0n) is 16.2. The number of rotatable bonds is 8. The number of carbonyl (C=O) groups is 1. The molecule has 0 radical (unpaired) electrons. The number of pyridine rings is 1. The standard InChI is InChI=1S/C20H21ClFN5OS/c1-3-11-27-19(14-7-9-23-10-8-14)24-25-20(27)29-13-18(28)26(2)12-15-16(21)5-4-6-17(15)22/h4-10H,3,11-13H2,1-2H3. The number of hydrogen-bond acceptors (Lipinski definition) is 5. The number of nitrogens with zero attached hydrogens (tertiary/aromatic N) is 5. The molecule has 0 aliphatic carbocycles. The average Bonchev–Trinajstić information content (AvgIpc) is 3.12. The maximum atomic E-state index is 14.0. The van der Waals surface area contributed by atoms with Crippen LogP contribution in [0.3, 0.4) is 0 Å². The summed E-state index contributed by atoms with van der Waals surface area (Å²) in [7, 11) is 1.63. The second-order valence-corrected chi connectivity index (χ2v) is 7.78. The van der Waals surface area contributed by atoms with Crippen molar-refractivity contribution in [1.82, 2.24) is 24.6 Å². The van der Waals surface area contributed by atoms with E-state index in [0.717, 1.165) is 24.4 Å². The Morgan fingerprint density at radius 2 is 2.00 bits per heavy atom. The van der Waals surface area contributed by atoms with Crippen LogP contribution in [0.15, 0.2) is 47.9 Å². The first kappa shape index (κ1) is 21.3. The number of aromatic nitrogens is 4. The molecular weight excluding hydrogens is 413 g/mol. The van der Waals surface area contributed by atoms with Crippen molar-refractivity contribution in [3.05, 3.63) is 59.1 Å². The van der Waals surface area contributed by atoms with E-state index in [-0.39, 0.29) is 18.2 Å². The SMILES string of the molecule is CCCn1c(SCC(=O)N(C)Cc2c(F)cccc2Cl)nnc1-c1ccncc1. The van der Waals surface area contributed by atoms with E-state index < -0.39 is 5.82 Å². The van der Waals surface area contributed by atoms with Gasteiger partial charge in [0.2, 0.25) is 5.91 Å². The van der Waals surface area contributed by atoms with Gasteiger partial charge in [0.25, 0.3) is 0 Å². The highest BCUT2D eigenvalue weighted by atomic mass is 35.5. The second-order valence-electron chi connectivity index (χ2n) is 6.43. The molecule has 29 heavy (non-hydrogen) atoms. The molecule has 0 aliphatic heterocycles. The first-order valence-electron chi connectivity index (χ1n) is 9.14. The predicted octanol–water partition coefficient (Wildman–Crippen LogP) is 4.29. The third-order valence-corrected chi connectivity index (χ3v) is 5.62. The molecule has 0 unspecified atom stereocenters. The van der Waals surface area contributed by atoms with Crippen molar-refractivity contribution in [2.45, 2.75) is 31.6 Å². The van der Waals surface area contributed by atoms with Crippen molar-refractivity contribution >= 4 is 29.3 Å². The monoisotopic (exact) mass is 433 g/mol. The Labute approximate surface area is 178 Å². The summed E-state index contributed by atoms with van der Waals surface area (Å²) in [6.07, 6.45) is 4.32. The molecule has 9 heteroatoms. The van der Waals surface area contributed by atoms with Gasteiger partial charge in [-0.3, -0.25) is 9.78 Å². The molecule has 0 saturated heterocycles. The molecule has 152 valence electrons. The summed E-state index contributed by atoms with van der Waals surface area (Å²) in [5.41, 5.74) is 1.23. The number of thioether (sulfide) groups is 1. The zero-order chi connectivity index (χ0) is 20.8. The van der Waals surface area contributed by atoms with Crippen LogP contribution in [-0.4, -0.2) is 43.4 Å². The van der Waals surface area contributed by atoms with Gasteiger partial charge in [-0.25, -0.2) is 4.39 Å². The summed E-state index contributed by atoms with van der Waals surface area (Å²) in [6, 6.07) is 8.24. The Hall–Kier alpha value is -2.45. The number of benzene rings is 1. The first-order chi connectivity index (χ1) is 14.0. The Morgan fingerprint density at radius 3 is 2.69 bits per heavy atom. The van der Waals surface area contributed by atoms with Crippen LogP contribution in [-0.2, 0) is 17.9 Å². The van der Waals surface area contributed by atoms with Gasteiger partial charge in [-0.1, -0.05) is 36.4 Å². The lowest BCUT2D eigenvalue weighted by molar-refractivity contribution is -0.127. The summed E-state index contributed by atoms with van der Waals surface area (Å²) < 4.78 is 16.0. The lowest BCUT2D eigenvalue weighted by atomic mass is 10.2. The third-order valence-electron chi connectivity index (χ3n) is 4.31. The minimum Gasteiger partial charge on any atom is -0.341 e. The van der Waals surface area contributed by atoms with E-state index in [0.29, 0.717) is 15.7 Å². The van der Waals surface area contributed by atoms with Crippen LogP contribution in [0.1, 0.15) is 18.9 Å². The van der Waals surface area contributed by atoms with E-state index in [1.807, 2.05) is 16.7 Å². The van der Waals surface area contributed by atoms with Gasteiger partial charge in [-0.05, 0) is 30.7 Å². The molecule has 6 nitrogen and oxygen atoms in total. The van der Waals surface area contributed by atoms with Gasteiger partial charge in [0.05, 0.1) is 5.75 Å². The van der Waals surface area contributed by atoms with Crippen molar-refractivity contribution < 1.29 is 9.18 Å². The van der Waals surface area contributed by atoms with Gasteiger partial charge >= 0.3 is 0 Å². The lowest BCUT2D eigenvalue weighted by Crippen LogP contribution is -2.28. The van der Waals surface area contributed by atoms with Crippen molar-refractivity contribution in [3.63, 3.8) is 0 Å². The highest BCUT2D eigenvalue weighted by Gasteiger charge is 2.18. The summed E-state index contributed by atoms with van der Waals surface area (Å²) in [6.45, 7) is 2.92. The van der Waals surface area contributed by atoms with Crippen LogP contribution in [0.25, 0.3) is 11.4 Å². The molecule has 1 aromatic carbocycles. The smallest absolute Gasteiger partial charge is 0.233 e. The molecule has 0 bridgehead atoms. The molecule has 0 aliphatic rings. The minimum atomic E-state index is -0.422. The summed E-state index contributed by atoms with van der Waals surface area (Å²) in [4.78, 5) is 18.1. The van der Waals surface area contributed by atoms with E-state index in [2.05, 4.69) is 22.1 Å². The highest BCUT2D eigenvalue weighted by molar-refractivity contribution is 7.99. The van der Waals surface area contributed by atoms with Crippen LogP contribution < -0.4 is 0 Å². The van der Waals surface area contributed by atoms with E-state index in [4.69, 9.17) is 11.6 Å². The Kier molecular flexibility index (Phi) is 7.22. The number of carbonyl (C=O) groups excluding carboxylic acids is 1. The number of amides is 1. The molecule has 0 N–H and O–H groups in total. The molecule has 3 rings (SSSR count). The normalized spacial score (nSPS) is 10.9. The van der Waals surface area contributed by atoms with Crippen LogP contribution in [0, 0.1) is 5.82 Å². The average molecular weight is 434 g/mol. The molecule has 1 amide bonds. The quantitative estimate of drug-likeness (QED) is 0.496. The predicted molar refractivity (Wildman–Crippen MR) is 112 cm³/mol. The van der Waals surface area contributed by atoms with Crippen LogP contribution >= 0.6 is 23.4 Å². The Morgan fingerprint density at radius 1 is 1.24 bits per heavy atom. The fourth-order valence-corrected chi connectivity index (χ4v) is 3.91. The number of hydrogen-bond donors (Lipinski definition) is 0. The van der Waals surface area contributed by atoms with Crippen LogP contribution in [0.2, 0.25) is 5.02 Å². The van der Waals surface area contributed by atoms with E-state index in [1.165, 1.54) is 22.7 Å². The van der Waals surface area contributed by atoms with Gasteiger partial charge in [0.15, 0.2) is 11.0 Å². The van der Waals surface area contributed by atoms with Crippen LogP contribution in [0.5, 0.6) is 0 Å². The van der Waals surface area contributed by atoms with E-state index in [9.17, 15) is 9.18 Å². The molecule has 0 saturated carbocycles. The zero-order valence-corrected chi connectivity index (χ0v) is 17.8. The minimum absolute atomic E-state index is 0.106. The summed E-state index contributed by atoms with van der Waals surface area (Å²) in [5.74, 6) is 0.344. The van der Waals surface area contributed by atoms with Crippen LogP contribution in [0.4, 0.5) is 4.39 Å². The van der Waals surface area contributed by atoms with Gasteiger partial charge in [-0.2, -0.15) is 0 Å². The van der Waals surface area contributed by atoms with E-state index in [1.54, 1.807) is 31.6 Å². The highest BCUT2D eigenvalue weighted by Crippen LogP contribution is 2.25. The molecule has 3 aromatic rings. The van der Waals surface area contributed by atoms with Gasteiger partial charge in [-0.15, -0.1) is 10.2 Å². The topological polar surface area (TPSA) is 63.9 Å². The van der Waals surface area contributed by atoms with Gasteiger partial charge in [0, 0.05) is 48.7 Å². The molecule has 0 atom stereocenters. The first-order valence-corrected chi connectivity index (χ1v) is 10.5. The molecule has 0 fully saturated rings. The Balaban J connectivity index is 1.69. The molecule has 0 spiro atoms. The van der Waals surface area contributed by atoms with Gasteiger partial charge < -0.3 is 9.47 Å². The second kappa shape index (κ2) is 9.84. The third kappa shape index (κ3) is 5.13. The molecule has 2 aromatic heterocycles. The fraction of sp³-hybridized carbons (Fsp3) is 0.300. The summed E-state index contributed by atoms with van der Waals surface area (Å²) >= 11 is 7.37. The van der Waals surface area contributed by atoms with Crippen molar-refractivity contribution in [2.75, 3.05) is 12.8 Å². The fourth-order valence-electron chi connectivity index (χ4n) is 2.78. The van der Waals surface area contributed by atoms with Crippen molar-refractivity contribution in [3.8, 4) is 11.4 Å². The number of halogens is 2. The van der Waals surface area contributed by atoms with Crippen molar-refractivity contribution in [2.24, 2.45) is 0 Å². The maximum Gasteiger partial charge on any atom is 0.233 e. The maximum absolute atomic E-state index is 14.0. The van der Waals surface area contributed by atoms with E-state index >= 15 is 0 Å². The Bertz CT molecular complexity index is 962. The summed E-state index contributed by atoms with van der Waals surface area (Å²) in [5, 5.41) is 9.53. The largest absolute Gasteiger partial charge is 0.341 e.